The molecule has 0 bridgehead atoms. The lowest BCUT2D eigenvalue weighted by molar-refractivity contribution is -0.233. The lowest BCUT2D eigenvalue weighted by atomic mass is 9.64. The maximum atomic E-state index is 11.6. The Labute approximate surface area is 365 Å². The molecule has 2 saturated carbocycles. The summed E-state index contributed by atoms with van der Waals surface area (Å²) in [6.07, 6.45) is 15.6. The van der Waals surface area contributed by atoms with Crippen LogP contribution < -0.4 is 0 Å². The zero-order chi connectivity index (χ0) is 44.8. The predicted molar refractivity (Wildman–Crippen MR) is 251 cm³/mol. The summed E-state index contributed by atoms with van der Waals surface area (Å²) < 4.78 is 27.0. The molecule has 0 amide bonds. The highest BCUT2D eigenvalue weighted by Gasteiger charge is 2.58. The SMILES string of the molecule is C/C=C/C[C@@H]1C2=COC(CO)(O[Si](C(C)C)(C(C)C)C(C)C)C(C)C2CC[C@H]1C.CC(=O)CC[C@@H]1C2=COC(CO)(O[Si](C(C)C)(C(C)C)C(C)C)C(C)C2CC[C@H]1C. The first-order valence-corrected chi connectivity index (χ1v) is 28.3. The largest absolute Gasteiger partial charge is 0.468 e. The van der Waals surface area contributed by atoms with Gasteiger partial charge in [0.05, 0.1) is 12.5 Å². The van der Waals surface area contributed by atoms with Crippen molar-refractivity contribution in [3.63, 3.8) is 0 Å². The summed E-state index contributed by atoms with van der Waals surface area (Å²) in [7, 11) is -4.41. The van der Waals surface area contributed by atoms with E-state index in [4.69, 9.17) is 18.3 Å². The minimum atomic E-state index is -2.23. The highest BCUT2D eigenvalue weighted by molar-refractivity contribution is 6.78. The summed E-state index contributed by atoms with van der Waals surface area (Å²) in [4.78, 5) is 11.6. The molecule has 6 unspecified atom stereocenters. The lowest BCUT2D eigenvalue weighted by Gasteiger charge is -2.54. The van der Waals surface area contributed by atoms with E-state index in [1.54, 1.807) is 6.92 Å². The number of ketones is 1. The van der Waals surface area contributed by atoms with Crippen LogP contribution in [-0.2, 0) is 23.1 Å². The van der Waals surface area contributed by atoms with Crippen molar-refractivity contribution < 1.29 is 33.3 Å². The average Bonchev–Trinajstić information content (AvgIpc) is 3.16. The first-order valence-electron chi connectivity index (χ1n) is 24.0. The van der Waals surface area contributed by atoms with Crippen molar-refractivity contribution in [2.24, 2.45) is 47.3 Å². The van der Waals surface area contributed by atoms with Gasteiger partial charge in [0, 0.05) is 18.3 Å². The van der Waals surface area contributed by atoms with Gasteiger partial charge >= 0.3 is 0 Å². The van der Waals surface area contributed by atoms with Gasteiger partial charge in [0.25, 0.3) is 0 Å². The van der Waals surface area contributed by atoms with Crippen LogP contribution in [0.3, 0.4) is 0 Å². The van der Waals surface area contributed by atoms with Gasteiger partial charge in [-0.05, 0) is 132 Å². The van der Waals surface area contributed by atoms with Gasteiger partial charge in [0.2, 0.25) is 28.2 Å². The third kappa shape index (κ3) is 10.4. The van der Waals surface area contributed by atoms with Crippen LogP contribution in [0, 0.1) is 47.3 Å². The summed E-state index contributed by atoms with van der Waals surface area (Å²) in [5, 5.41) is 21.2. The zero-order valence-corrected chi connectivity index (χ0v) is 43.2. The molecule has 2 fully saturated rings. The molecule has 0 aromatic carbocycles. The van der Waals surface area contributed by atoms with Gasteiger partial charge in [0.1, 0.15) is 19.0 Å². The summed E-state index contributed by atoms with van der Waals surface area (Å²) in [6, 6.07) is 0. The Bertz CT molecular complexity index is 1390. The minimum absolute atomic E-state index is 0.0789. The number of fused-ring (bicyclic) bond motifs is 2. The third-order valence-corrected chi connectivity index (χ3v) is 28.5. The molecule has 59 heavy (non-hydrogen) atoms. The first-order chi connectivity index (χ1) is 27.5. The second-order valence-electron chi connectivity index (χ2n) is 21.4. The van der Waals surface area contributed by atoms with Crippen LogP contribution in [0.5, 0.6) is 0 Å². The van der Waals surface area contributed by atoms with E-state index in [9.17, 15) is 15.0 Å². The predicted octanol–water partition coefficient (Wildman–Crippen LogP) is 13.5. The van der Waals surface area contributed by atoms with E-state index >= 15 is 0 Å². The number of rotatable bonds is 17. The molecule has 2 heterocycles. The normalized spacial score (nSPS) is 32.8. The van der Waals surface area contributed by atoms with E-state index in [1.807, 2.05) is 12.5 Å². The van der Waals surface area contributed by atoms with Crippen molar-refractivity contribution in [2.45, 2.75) is 214 Å². The van der Waals surface area contributed by atoms with E-state index in [0.29, 0.717) is 75.2 Å². The Morgan fingerprint density at radius 1 is 0.678 bits per heavy atom. The number of carbonyl (C=O) groups is 1. The molecular weight excluding hydrogens is 769 g/mol. The standard InChI is InChI=1S/C25H46O4Si.C25H46O3Si/c1-16(2)30(17(3)4,18(5)6)29-25(15-26)21(9)23-12-10-19(7)22(13-11-20(8)27)24(23)14-28-25;1-10-11-12-22-20(8)13-14-23-21(9)25(16-26,27-15-24(22)23)28-29(17(2)3,18(4)5)19(6)7/h14,16-19,21-23,26H,10-13,15H2,1-9H3;10-11,15,17-23,26H,12-14,16H2,1-9H3/b;11-10+/t19-,21?,22+,23?,25?;20-,21?,22+,23?,25?/m11/s1. The van der Waals surface area contributed by atoms with Crippen LogP contribution in [0.15, 0.2) is 35.8 Å². The fourth-order valence-electron chi connectivity index (χ4n) is 12.8. The molecule has 0 aromatic rings. The Balaban J connectivity index is 0.000000316. The number of aliphatic hydroxyl groups excluding tert-OH is 2. The van der Waals surface area contributed by atoms with Crippen molar-refractivity contribution in [3.05, 3.63) is 35.8 Å². The van der Waals surface area contributed by atoms with Gasteiger partial charge in [-0.3, -0.25) is 0 Å². The lowest BCUT2D eigenvalue weighted by Crippen LogP contribution is -2.61. The highest BCUT2D eigenvalue weighted by Crippen LogP contribution is 2.55. The van der Waals surface area contributed by atoms with Gasteiger partial charge in [-0.25, -0.2) is 0 Å². The summed E-state index contributed by atoms with van der Waals surface area (Å²) >= 11 is 0. The summed E-state index contributed by atoms with van der Waals surface area (Å²) in [5.41, 5.74) is 5.43. The number of hydrogen-bond acceptors (Lipinski definition) is 7. The monoisotopic (exact) mass is 861 g/mol. The second-order valence-corrected chi connectivity index (χ2v) is 32.2. The number of hydrogen-bond donors (Lipinski definition) is 2. The van der Waals surface area contributed by atoms with E-state index in [-0.39, 0.29) is 30.8 Å². The first kappa shape index (κ1) is 52.1. The number of Topliss-reactive ketones (excluding diaryl/α,β-unsaturated/α-hetero) is 1. The van der Waals surface area contributed by atoms with Crippen LogP contribution in [0.2, 0.25) is 33.2 Å². The molecule has 2 aliphatic heterocycles. The summed E-state index contributed by atoms with van der Waals surface area (Å²) in [6.45, 7) is 40.1. The van der Waals surface area contributed by atoms with Crippen molar-refractivity contribution in [1.82, 2.24) is 0 Å². The third-order valence-electron chi connectivity index (χ3n) is 16.3. The maximum Gasteiger partial charge on any atom is 0.227 e. The van der Waals surface area contributed by atoms with Crippen LogP contribution in [-0.4, -0.2) is 57.4 Å². The highest BCUT2D eigenvalue weighted by atomic mass is 28.4. The van der Waals surface area contributed by atoms with Crippen molar-refractivity contribution in [2.75, 3.05) is 13.2 Å². The number of ether oxygens (including phenoxy) is 2. The van der Waals surface area contributed by atoms with Gasteiger partial charge in [0.15, 0.2) is 0 Å². The fourth-order valence-corrected chi connectivity index (χ4v) is 24.1. The molecule has 0 spiro atoms. The molecule has 342 valence electrons. The van der Waals surface area contributed by atoms with E-state index in [1.165, 1.54) is 17.6 Å². The molecule has 0 aromatic heterocycles. The molecule has 2 N–H and O–H groups in total. The Morgan fingerprint density at radius 3 is 1.36 bits per heavy atom. The molecule has 7 nitrogen and oxygen atoms in total. The van der Waals surface area contributed by atoms with Crippen LogP contribution in [0.1, 0.15) is 170 Å². The Morgan fingerprint density at radius 2 is 1.03 bits per heavy atom. The Hall–Kier alpha value is -1.24. The number of allylic oxidation sites excluding steroid dienone is 4. The van der Waals surface area contributed by atoms with Crippen molar-refractivity contribution >= 4 is 22.4 Å². The second kappa shape index (κ2) is 21.4. The average molecular weight is 861 g/mol. The fraction of sp³-hybridized carbons (Fsp3) is 0.860. The van der Waals surface area contributed by atoms with Gasteiger partial charge < -0.3 is 33.3 Å². The smallest absolute Gasteiger partial charge is 0.227 e. The molecule has 4 aliphatic rings. The molecule has 4 rings (SSSR count). The zero-order valence-electron chi connectivity index (χ0n) is 41.2. The van der Waals surface area contributed by atoms with Crippen LogP contribution in [0.25, 0.3) is 0 Å². The number of aliphatic hydroxyl groups is 2. The van der Waals surface area contributed by atoms with Crippen molar-refractivity contribution in [1.29, 1.82) is 0 Å². The molecule has 0 radical (unpaired) electrons. The molecule has 0 saturated heterocycles. The topological polar surface area (TPSA) is 94.5 Å². The van der Waals surface area contributed by atoms with Crippen LogP contribution >= 0.6 is 0 Å². The van der Waals surface area contributed by atoms with Crippen molar-refractivity contribution in [3.8, 4) is 0 Å². The van der Waals surface area contributed by atoms with Crippen LogP contribution in [0.4, 0.5) is 0 Å². The number of carbonyl (C=O) groups excluding carboxylic acids is 1. The maximum absolute atomic E-state index is 11.6. The van der Waals surface area contributed by atoms with E-state index in [2.05, 4.69) is 130 Å². The summed E-state index contributed by atoms with van der Waals surface area (Å²) in [5.74, 6) is 1.52. The van der Waals surface area contributed by atoms with Gasteiger partial charge in [-0.1, -0.05) is 123 Å². The molecular formula is C50H92O7Si2. The minimum Gasteiger partial charge on any atom is -0.468 e. The van der Waals surface area contributed by atoms with Gasteiger partial charge in [-0.2, -0.15) is 0 Å². The molecule has 10 atom stereocenters. The Kier molecular flexibility index (Phi) is 18.9. The van der Waals surface area contributed by atoms with E-state index in [0.717, 1.165) is 32.1 Å². The quantitative estimate of drug-likeness (QED) is 0.111. The van der Waals surface area contributed by atoms with E-state index < -0.39 is 28.2 Å². The molecule has 2 aliphatic carbocycles. The molecule has 9 heteroatoms. The van der Waals surface area contributed by atoms with Gasteiger partial charge in [-0.15, -0.1) is 0 Å².